The second kappa shape index (κ2) is 7.27. The molecular weight excluding hydrogens is 232 g/mol. The van der Waals surface area contributed by atoms with Crippen molar-refractivity contribution in [2.24, 2.45) is 0 Å². The lowest BCUT2D eigenvalue weighted by atomic mass is 10.2. The summed E-state index contributed by atoms with van der Waals surface area (Å²) in [5.74, 6) is -1.29. The van der Waals surface area contributed by atoms with Gasteiger partial charge in [-0.2, -0.15) is 0 Å². The van der Waals surface area contributed by atoms with Crippen molar-refractivity contribution in [2.45, 2.75) is 26.4 Å². The zero-order valence-electron chi connectivity index (χ0n) is 10.3. The van der Waals surface area contributed by atoms with Gasteiger partial charge in [-0.3, -0.25) is 4.79 Å². The third-order valence-corrected chi connectivity index (χ3v) is 2.38. The monoisotopic (exact) mass is 248 g/mol. The fourth-order valence-electron chi connectivity index (χ4n) is 1.30. The highest BCUT2D eigenvalue weighted by Crippen LogP contribution is 2.04. The molecular formula is C14H16O4. The number of carboxylic acid groups (broad SMARTS) is 1. The first kappa shape index (κ1) is 14.0. The van der Waals surface area contributed by atoms with Crippen molar-refractivity contribution in [1.82, 2.24) is 0 Å². The van der Waals surface area contributed by atoms with Gasteiger partial charge in [0.15, 0.2) is 0 Å². The van der Waals surface area contributed by atoms with Gasteiger partial charge in [0.1, 0.15) is 6.61 Å². The molecule has 0 aromatic heterocycles. The molecule has 0 unspecified atom stereocenters. The number of rotatable bonds is 6. The first-order valence-corrected chi connectivity index (χ1v) is 5.69. The van der Waals surface area contributed by atoms with Gasteiger partial charge in [-0.1, -0.05) is 36.4 Å². The number of hydrogen-bond acceptors (Lipinski definition) is 3. The number of aliphatic carboxylic acids is 1. The van der Waals surface area contributed by atoms with E-state index in [4.69, 9.17) is 9.84 Å². The highest BCUT2D eigenvalue weighted by atomic mass is 16.5. The molecule has 1 N–H and O–H groups in total. The molecule has 0 saturated heterocycles. The van der Waals surface area contributed by atoms with Crippen molar-refractivity contribution in [3.05, 3.63) is 47.5 Å². The van der Waals surface area contributed by atoms with Gasteiger partial charge in [-0.05, 0) is 18.9 Å². The molecule has 4 nitrogen and oxygen atoms in total. The van der Waals surface area contributed by atoms with E-state index in [1.165, 1.54) is 13.0 Å². The summed E-state index contributed by atoms with van der Waals surface area (Å²) in [5.41, 5.74) is 1.17. The van der Waals surface area contributed by atoms with Crippen LogP contribution in [0.1, 0.15) is 25.3 Å². The van der Waals surface area contributed by atoms with Gasteiger partial charge in [-0.15, -0.1) is 0 Å². The third-order valence-electron chi connectivity index (χ3n) is 2.38. The molecule has 1 aromatic rings. The van der Waals surface area contributed by atoms with Crippen LogP contribution in [0.5, 0.6) is 0 Å². The quantitative estimate of drug-likeness (QED) is 0.620. The second-order valence-corrected chi connectivity index (χ2v) is 3.88. The number of esters is 1. The van der Waals surface area contributed by atoms with Crippen molar-refractivity contribution in [2.75, 3.05) is 0 Å². The molecule has 0 spiro atoms. The smallest absolute Gasteiger partial charge is 0.330 e. The van der Waals surface area contributed by atoms with Gasteiger partial charge in [0.2, 0.25) is 0 Å². The van der Waals surface area contributed by atoms with Crippen molar-refractivity contribution in [3.63, 3.8) is 0 Å². The number of allylic oxidation sites excluding steroid dienone is 1. The molecule has 0 bridgehead atoms. The molecule has 0 fully saturated rings. The lowest BCUT2D eigenvalue weighted by Gasteiger charge is -2.03. The predicted molar refractivity (Wildman–Crippen MR) is 66.9 cm³/mol. The number of carboxylic acids is 1. The van der Waals surface area contributed by atoms with E-state index in [9.17, 15) is 9.59 Å². The Bertz CT molecular complexity index is 434. The molecule has 1 aromatic carbocycles. The minimum Gasteiger partial charge on any atom is -0.478 e. The molecule has 0 aliphatic rings. The normalized spacial score (nSPS) is 11.1. The van der Waals surface area contributed by atoms with Gasteiger partial charge in [0.25, 0.3) is 0 Å². The van der Waals surface area contributed by atoms with E-state index < -0.39 is 5.97 Å². The minimum atomic E-state index is -0.965. The first-order chi connectivity index (χ1) is 8.59. The van der Waals surface area contributed by atoms with Gasteiger partial charge < -0.3 is 9.84 Å². The van der Waals surface area contributed by atoms with Crippen LogP contribution in [0.25, 0.3) is 0 Å². The number of benzene rings is 1. The zero-order valence-corrected chi connectivity index (χ0v) is 10.3. The molecule has 0 atom stereocenters. The van der Waals surface area contributed by atoms with Crippen molar-refractivity contribution in [1.29, 1.82) is 0 Å². The number of carbonyl (C=O) groups is 2. The lowest BCUT2D eigenvalue weighted by molar-refractivity contribution is -0.145. The molecule has 0 aliphatic carbocycles. The molecule has 0 aliphatic heterocycles. The van der Waals surface area contributed by atoms with E-state index in [-0.39, 0.29) is 24.6 Å². The fourth-order valence-corrected chi connectivity index (χ4v) is 1.30. The summed E-state index contributed by atoms with van der Waals surface area (Å²) in [6.07, 6.45) is 2.09. The summed E-state index contributed by atoms with van der Waals surface area (Å²) in [6.45, 7) is 1.75. The second-order valence-electron chi connectivity index (χ2n) is 3.88. The summed E-state index contributed by atoms with van der Waals surface area (Å²) in [5, 5.41) is 8.61. The van der Waals surface area contributed by atoms with E-state index in [0.717, 1.165) is 5.56 Å². The predicted octanol–water partition coefficient (Wildman–Crippen LogP) is 2.54. The Labute approximate surface area is 106 Å². The maximum Gasteiger partial charge on any atom is 0.330 e. The van der Waals surface area contributed by atoms with Crippen molar-refractivity contribution >= 4 is 11.9 Å². The Hall–Kier alpha value is -2.10. The largest absolute Gasteiger partial charge is 0.478 e. The molecule has 96 valence electrons. The van der Waals surface area contributed by atoms with Crippen LogP contribution < -0.4 is 0 Å². The Morgan fingerprint density at radius 3 is 2.56 bits per heavy atom. The molecule has 0 amide bonds. The van der Waals surface area contributed by atoms with Crippen LogP contribution in [0.3, 0.4) is 0 Å². The average molecular weight is 248 g/mol. The summed E-state index contributed by atoms with van der Waals surface area (Å²) in [6, 6.07) is 9.40. The fraction of sp³-hybridized carbons (Fsp3) is 0.286. The Balaban J connectivity index is 2.27. The molecule has 0 radical (unpaired) electrons. The number of ether oxygens (including phenoxy) is 1. The van der Waals surface area contributed by atoms with Crippen LogP contribution >= 0.6 is 0 Å². The zero-order chi connectivity index (χ0) is 13.4. The summed E-state index contributed by atoms with van der Waals surface area (Å²) >= 11 is 0. The minimum absolute atomic E-state index is 0.192. The van der Waals surface area contributed by atoms with E-state index in [1.54, 1.807) is 0 Å². The van der Waals surface area contributed by atoms with Crippen LogP contribution in [0.15, 0.2) is 42.0 Å². The van der Waals surface area contributed by atoms with E-state index in [2.05, 4.69) is 0 Å². The summed E-state index contributed by atoms with van der Waals surface area (Å²) in [7, 11) is 0. The molecule has 1 rings (SSSR count). The van der Waals surface area contributed by atoms with Gasteiger partial charge in [0.05, 0.1) is 0 Å². The van der Waals surface area contributed by atoms with E-state index in [0.29, 0.717) is 6.42 Å². The lowest BCUT2D eigenvalue weighted by Crippen LogP contribution is -2.04. The maximum atomic E-state index is 11.4. The van der Waals surface area contributed by atoms with Crippen LogP contribution in [0.4, 0.5) is 0 Å². The third kappa shape index (κ3) is 5.30. The van der Waals surface area contributed by atoms with E-state index >= 15 is 0 Å². The Kier molecular flexibility index (Phi) is 5.64. The first-order valence-electron chi connectivity index (χ1n) is 5.69. The van der Waals surface area contributed by atoms with E-state index in [1.807, 2.05) is 30.3 Å². The Morgan fingerprint density at radius 2 is 1.94 bits per heavy atom. The van der Waals surface area contributed by atoms with Gasteiger partial charge in [-0.25, -0.2) is 4.79 Å². The Morgan fingerprint density at radius 1 is 1.28 bits per heavy atom. The topological polar surface area (TPSA) is 63.6 Å². The van der Waals surface area contributed by atoms with Crippen molar-refractivity contribution in [3.8, 4) is 0 Å². The summed E-state index contributed by atoms with van der Waals surface area (Å²) in [4.78, 5) is 21.9. The molecule has 4 heteroatoms. The highest BCUT2D eigenvalue weighted by molar-refractivity contribution is 5.85. The van der Waals surface area contributed by atoms with Crippen LogP contribution in [0, 0.1) is 0 Å². The van der Waals surface area contributed by atoms with Crippen LogP contribution in [-0.2, 0) is 20.9 Å². The van der Waals surface area contributed by atoms with Crippen LogP contribution in [-0.4, -0.2) is 17.0 Å². The molecule has 0 heterocycles. The maximum absolute atomic E-state index is 11.4. The standard InChI is InChI=1S/C14H16O4/c1-11(14(16)17)6-5-9-13(15)18-10-12-7-3-2-4-8-12/h2-4,6-8H,5,9-10H2,1H3,(H,16,17). The van der Waals surface area contributed by atoms with Gasteiger partial charge >= 0.3 is 11.9 Å². The average Bonchev–Trinajstić information content (AvgIpc) is 2.37. The van der Waals surface area contributed by atoms with Crippen molar-refractivity contribution < 1.29 is 19.4 Å². The summed E-state index contributed by atoms with van der Waals surface area (Å²) < 4.78 is 5.05. The van der Waals surface area contributed by atoms with Crippen LogP contribution in [0.2, 0.25) is 0 Å². The van der Waals surface area contributed by atoms with Gasteiger partial charge in [0, 0.05) is 12.0 Å². The number of carbonyl (C=O) groups excluding carboxylic acids is 1. The highest BCUT2D eigenvalue weighted by Gasteiger charge is 2.03. The molecule has 0 saturated carbocycles. The molecule has 18 heavy (non-hydrogen) atoms. The number of hydrogen-bond donors (Lipinski definition) is 1. The SMILES string of the molecule is CC(=CCCC(=O)OCc1ccccc1)C(=O)O.